The van der Waals surface area contributed by atoms with Crippen LogP contribution in [0.25, 0.3) is 0 Å². The van der Waals surface area contributed by atoms with E-state index < -0.39 is 0 Å². The van der Waals surface area contributed by atoms with Gasteiger partial charge in [0.15, 0.2) is 6.10 Å². The lowest BCUT2D eigenvalue weighted by atomic mass is 9.84. The van der Waals surface area contributed by atoms with Crippen molar-refractivity contribution in [2.24, 2.45) is 5.92 Å². The minimum atomic E-state index is -0.273. The summed E-state index contributed by atoms with van der Waals surface area (Å²) in [7, 11) is 1.61. The number of hydrogen-bond donors (Lipinski definition) is 0. The highest BCUT2D eigenvalue weighted by atomic mass is 16.5. The standard InChI is InChI=1S/C16H20O3/c1-18-12-7-8-14-13(10-12)16(17)15(19-14)9-11-5-3-2-4-6-11/h7-8,10-11,15H,2-6,9H2,1H3/t15-/m0/s1. The molecule has 1 heterocycles. The maximum absolute atomic E-state index is 12.4. The number of hydrogen-bond acceptors (Lipinski definition) is 3. The van der Waals surface area contributed by atoms with E-state index in [1.165, 1.54) is 32.1 Å². The Hall–Kier alpha value is -1.51. The Morgan fingerprint density at radius 3 is 2.79 bits per heavy atom. The number of ketones is 1. The highest BCUT2D eigenvalue weighted by Gasteiger charge is 2.34. The predicted octanol–water partition coefficient (Wildman–Crippen LogP) is 3.61. The van der Waals surface area contributed by atoms with Crippen molar-refractivity contribution in [1.82, 2.24) is 0 Å². The average Bonchev–Trinajstić information content (AvgIpc) is 2.76. The van der Waals surface area contributed by atoms with Crippen LogP contribution in [0.5, 0.6) is 11.5 Å². The van der Waals surface area contributed by atoms with Gasteiger partial charge in [0.1, 0.15) is 11.5 Å². The summed E-state index contributed by atoms with van der Waals surface area (Å²) in [5, 5.41) is 0. The fourth-order valence-corrected chi connectivity index (χ4v) is 3.19. The number of carbonyl (C=O) groups excluding carboxylic acids is 1. The molecule has 1 aliphatic carbocycles. The van der Waals surface area contributed by atoms with Gasteiger partial charge >= 0.3 is 0 Å². The molecule has 1 aromatic carbocycles. The normalized spacial score (nSPS) is 23.0. The SMILES string of the molecule is COc1ccc2c(c1)C(=O)[C@H](CC1CCCCC1)O2. The lowest BCUT2D eigenvalue weighted by molar-refractivity contribution is 0.0806. The minimum absolute atomic E-state index is 0.125. The Balaban J connectivity index is 1.71. The maximum atomic E-state index is 12.4. The molecule has 3 nitrogen and oxygen atoms in total. The number of fused-ring (bicyclic) bond motifs is 1. The van der Waals surface area contributed by atoms with E-state index in [-0.39, 0.29) is 11.9 Å². The van der Waals surface area contributed by atoms with Crippen molar-refractivity contribution in [3.05, 3.63) is 23.8 Å². The summed E-state index contributed by atoms with van der Waals surface area (Å²) in [6.45, 7) is 0. The molecule has 0 N–H and O–H groups in total. The first-order valence-corrected chi connectivity index (χ1v) is 7.17. The van der Waals surface area contributed by atoms with Gasteiger partial charge in [-0.1, -0.05) is 32.1 Å². The fraction of sp³-hybridized carbons (Fsp3) is 0.562. The summed E-state index contributed by atoms with van der Waals surface area (Å²) in [5.74, 6) is 2.21. The number of benzene rings is 1. The van der Waals surface area contributed by atoms with Crippen LogP contribution in [-0.4, -0.2) is 19.0 Å². The van der Waals surface area contributed by atoms with Gasteiger partial charge in [0.2, 0.25) is 5.78 Å². The van der Waals surface area contributed by atoms with Gasteiger partial charge in [-0.3, -0.25) is 4.79 Å². The molecule has 1 saturated carbocycles. The van der Waals surface area contributed by atoms with Gasteiger partial charge in [-0.05, 0) is 30.5 Å². The first kappa shape index (κ1) is 12.5. The molecule has 19 heavy (non-hydrogen) atoms. The third kappa shape index (κ3) is 2.46. The van der Waals surface area contributed by atoms with E-state index in [2.05, 4.69) is 0 Å². The summed E-state index contributed by atoms with van der Waals surface area (Å²) in [5.41, 5.74) is 0.681. The molecule has 0 bridgehead atoms. The molecule has 2 aliphatic rings. The van der Waals surface area contributed by atoms with Crippen LogP contribution in [0.2, 0.25) is 0 Å². The second-order valence-electron chi connectivity index (χ2n) is 5.57. The van der Waals surface area contributed by atoms with Crippen LogP contribution in [0.4, 0.5) is 0 Å². The van der Waals surface area contributed by atoms with Crippen molar-refractivity contribution in [2.75, 3.05) is 7.11 Å². The first-order valence-electron chi connectivity index (χ1n) is 7.17. The zero-order valence-electron chi connectivity index (χ0n) is 11.4. The largest absolute Gasteiger partial charge is 0.497 e. The molecular weight excluding hydrogens is 240 g/mol. The van der Waals surface area contributed by atoms with E-state index in [4.69, 9.17) is 9.47 Å². The van der Waals surface area contributed by atoms with Crippen LogP contribution in [0.1, 0.15) is 48.9 Å². The Morgan fingerprint density at radius 1 is 1.26 bits per heavy atom. The summed E-state index contributed by atoms with van der Waals surface area (Å²) < 4.78 is 11.0. The van der Waals surface area contributed by atoms with E-state index in [0.717, 1.165) is 6.42 Å². The van der Waals surface area contributed by atoms with Gasteiger partial charge in [-0.15, -0.1) is 0 Å². The van der Waals surface area contributed by atoms with Crippen LogP contribution in [0.15, 0.2) is 18.2 Å². The second kappa shape index (κ2) is 5.24. The van der Waals surface area contributed by atoms with Crippen molar-refractivity contribution in [1.29, 1.82) is 0 Å². The topological polar surface area (TPSA) is 35.5 Å². The Morgan fingerprint density at radius 2 is 2.05 bits per heavy atom. The smallest absolute Gasteiger partial charge is 0.207 e. The predicted molar refractivity (Wildman–Crippen MR) is 72.9 cm³/mol. The van der Waals surface area contributed by atoms with Crippen molar-refractivity contribution < 1.29 is 14.3 Å². The van der Waals surface area contributed by atoms with Gasteiger partial charge < -0.3 is 9.47 Å². The first-order chi connectivity index (χ1) is 9.28. The van der Waals surface area contributed by atoms with Crippen LogP contribution in [0.3, 0.4) is 0 Å². The molecule has 0 unspecified atom stereocenters. The maximum Gasteiger partial charge on any atom is 0.207 e. The van der Waals surface area contributed by atoms with Gasteiger partial charge in [0, 0.05) is 0 Å². The van der Waals surface area contributed by atoms with Gasteiger partial charge in [0.25, 0.3) is 0 Å². The fourth-order valence-electron chi connectivity index (χ4n) is 3.19. The third-order valence-electron chi connectivity index (χ3n) is 4.29. The highest BCUT2D eigenvalue weighted by Crippen LogP contribution is 2.36. The Labute approximate surface area is 113 Å². The van der Waals surface area contributed by atoms with E-state index in [1.807, 2.05) is 12.1 Å². The van der Waals surface area contributed by atoms with Crippen molar-refractivity contribution in [3.63, 3.8) is 0 Å². The van der Waals surface area contributed by atoms with Crippen molar-refractivity contribution in [3.8, 4) is 11.5 Å². The van der Waals surface area contributed by atoms with E-state index in [0.29, 0.717) is 23.0 Å². The molecule has 0 aromatic heterocycles. The van der Waals surface area contributed by atoms with E-state index >= 15 is 0 Å². The molecule has 1 atom stereocenters. The monoisotopic (exact) mass is 260 g/mol. The summed E-state index contributed by atoms with van der Waals surface area (Å²) in [6.07, 6.45) is 7.02. The van der Waals surface area contributed by atoms with E-state index in [9.17, 15) is 4.79 Å². The molecule has 1 aliphatic heterocycles. The molecule has 0 radical (unpaired) electrons. The lowest BCUT2D eigenvalue weighted by Gasteiger charge is -2.23. The van der Waals surface area contributed by atoms with Gasteiger partial charge in [-0.2, -0.15) is 0 Å². The van der Waals surface area contributed by atoms with Crippen LogP contribution in [0, 0.1) is 5.92 Å². The molecule has 3 rings (SSSR count). The number of carbonyl (C=O) groups is 1. The molecular formula is C16H20O3. The summed E-state index contributed by atoms with van der Waals surface area (Å²) in [4.78, 5) is 12.4. The van der Waals surface area contributed by atoms with Gasteiger partial charge in [-0.25, -0.2) is 0 Å². The van der Waals surface area contributed by atoms with Crippen LogP contribution in [-0.2, 0) is 0 Å². The van der Waals surface area contributed by atoms with Crippen LogP contribution >= 0.6 is 0 Å². The average molecular weight is 260 g/mol. The van der Waals surface area contributed by atoms with E-state index in [1.54, 1.807) is 13.2 Å². The molecule has 1 fully saturated rings. The zero-order valence-corrected chi connectivity index (χ0v) is 11.4. The van der Waals surface area contributed by atoms with Crippen molar-refractivity contribution in [2.45, 2.75) is 44.6 Å². The molecule has 0 amide bonds. The van der Waals surface area contributed by atoms with Crippen LogP contribution < -0.4 is 9.47 Å². The Bertz CT molecular complexity index is 475. The number of Topliss-reactive ketones (excluding diaryl/α,β-unsaturated/α-hetero) is 1. The van der Waals surface area contributed by atoms with Gasteiger partial charge in [0.05, 0.1) is 12.7 Å². The second-order valence-corrected chi connectivity index (χ2v) is 5.57. The minimum Gasteiger partial charge on any atom is -0.497 e. The zero-order chi connectivity index (χ0) is 13.2. The van der Waals surface area contributed by atoms with Crippen molar-refractivity contribution >= 4 is 5.78 Å². The summed E-state index contributed by atoms with van der Waals surface area (Å²) in [6, 6.07) is 5.47. The molecule has 3 heteroatoms. The Kier molecular flexibility index (Phi) is 3.45. The molecule has 0 spiro atoms. The number of methoxy groups -OCH3 is 1. The molecule has 0 saturated heterocycles. The summed E-state index contributed by atoms with van der Waals surface area (Å²) >= 11 is 0. The molecule has 1 aromatic rings. The lowest BCUT2D eigenvalue weighted by Crippen LogP contribution is -2.25. The number of rotatable bonds is 3. The third-order valence-corrected chi connectivity index (χ3v) is 4.29. The number of ether oxygens (including phenoxy) is 2. The highest BCUT2D eigenvalue weighted by molar-refractivity contribution is 6.04. The quantitative estimate of drug-likeness (QED) is 0.832. The molecule has 102 valence electrons.